The van der Waals surface area contributed by atoms with Crippen molar-refractivity contribution in [3.8, 4) is 22.6 Å². The number of carboxylic acids is 1. The molecule has 0 fully saturated rings. The number of ether oxygens (including phenoxy) is 2. The van der Waals surface area contributed by atoms with Crippen molar-refractivity contribution >= 4 is 28.9 Å². The highest BCUT2D eigenvalue weighted by molar-refractivity contribution is 7.15. The number of benzene rings is 2. The lowest BCUT2D eigenvalue weighted by Crippen LogP contribution is -2.22. The van der Waals surface area contributed by atoms with Crippen LogP contribution in [0.2, 0.25) is 0 Å². The first kappa shape index (κ1) is 22.8. The molecule has 1 aliphatic rings. The van der Waals surface area contributed by atoms with Crippen molar-refractivity contribution in [1.29, 1.82) is 0 Å². The van der Waals surface area contributed by atoms with Crippen LogP contribution in [0.1, 0.15) is 52.7 Å². The van der Waals surface area contributed by atoms with Crippen LogP contribution in [0.4, 0.5) is 10.1 Å². The van der Waals surface area contributed by atoms with E-state index in [-0.39, 0.29) is 23.1 Å². The zero-order valence-corrected chi connectivity index (χ0v) is 19.1. The van der Waals surface area contributed by atoms with Crippen LogP contribution in [0.3, 0.4) is 0 Å². The molecule has 1 unspecified atom stereocenters. The van der Waals surface area contributed by atoms with Gasteiger partial charge in [-0.15, -0.1) is 11.3 Å². The van der Waals surface area contributed by atoms with Crippen LogP contribution in [0, 0.1) is 5.82 Å². The van der Waals surface area contributed by atoms with Crippen molar-refractivity contribution < 1.29 is 28.6 Å². The Morgan fingerprint density at radius 1 is 1.15 bits per heavy atom. The van der Waals surface area contributed by atoms with Crippen molar-refractivity contribution in [1.82, 2.24) is 0 Å². The summed E-state index contributed by atoms with van der Waals surface area (Å²) in [5.74, 6) is -0.854. The zero-order valence-electron chi connectivity index (χ0n) is 18.3. The van der Waals surface area contributed by atoms with Gasteiger partial charge in [-0.3, -0.25) is 4.79 Å². The fourth-order valence-electron chi connectivity index (χ4n) is 3.94. The number of carbonyl (C=O) groups is 2. The highest BCUT2D eigenvalue weighted by Gasteiger charge is 2.34. The lowest BCUT2D eigenvalue weighted by atomic mass is 9.88. The standard InChI is InChI=1S/C25H24FNO5S/c1-3-11-32-18-10-7-15(12-19(18)31-4-2)17-13-20(28)27-22-21(14-5-8-16(26)9-6-14)24(25(29)30)33-23(17)22/h5-10,12,17H,3-4,11,13H2,1-2H3,(H,27,28)(H,29,30). The van der Waals surface area contributed by atoms with Crippen LogP contribution in [0.5, 0.6) is 11.5 Å². The van der Waals surface area contributed by atoms with Crippen molar-refractivity contribution in [2.45, 2.75) is 32.6 Å². The van der Waals surface area contributed by atoms with E-state index in [1.807, 2.05) is 32.0 Å². The van der Waals surface area contributed by atoms with Crippen LogP contribution >= 0.6 is 11.3 Å². The molecule has 2 aromatic carbocycles. The lowest BCUT2D eigenvalue weighted by molar-refractivity contribution is -0.116. The van der Waals surface area contributed by atoms with Gasteiger partial charge in [0.1, 0.15) is 10.7 Å². The number of rotatable bonds is 8. The third kappa shape index (κ3) is 4.57. The SMILES string of the molecule is CCCOc1ccc(C2CC(=O)Nc3c2sc(C(=O)O)c3-c2ccc(F)cc2)cc1OCC. The molecule has 1 aliphatic heterocycles. The number of hydrogen-bond donors (Lipinski definition) is 2. The summed E-state index contributed by atoms with van der Waals surface area (Å²) in [6.07, 6.45) is 1.04. The van der Waals surface area contributed by atoms with Crippen molar-refractivity contribution in [3.05, 3.63) is 63.6 Å². The number of nitrogens with one attached hydrogen (secondary N) is 1. The van der Waals surface area contributed by atoms with Gasteiger partial charge in [-0.1, -0.05) is 25.1 Å². The van der Waals surface area contributed by atoms with Gasteiger partial charge in [-0.2, -0.15) is 0 Å². The molecule has 0 radical (unpaired) electrons. The van der Waals surface area contributed by atoms with Gasteiger partial charge in [0.05, 0.1) is 18.9 Å². The average Bonchev–Trinajstić information content (AvgIpc) is 3.18. The number of thiophene rings is 1. The van der Waals surface area contributed by atoms with Crippen LogP contribution in [-0.2, 0) is 4.79 Å². The maximum atomic E-state index is 13.5. The molecule has 33 heavy (non-hydrogen) atoms. The summed E-state index contributed by atoms with van der Waals surface area (Å²) in [6.45, 7) is 4.92. The monoisotopic (exact) mass is 469 g/mol. The highest BCUT2D eigenvalue weighted by atomic mass is 32.1. The molecule has 6 nitrogen and oxygen atoms in total. The topological polar surface area (TPSA) is 84.9 Å². The van der Waals surface area contributed by atoms with Crippen LogP contribution in [-0.4, -0.2) is 30.2 Å². The molecule has 3 aromatic rings. The van der Waals surface area contributed by atoms with Gasteiger partial charge in [-0.25, -0.2) is 9.18 Å². The number of halogens is 1. The summed E-state index contributed by atoms with van der Waals surface area (Å²) in [5.41, 5.74) is 2.23. The van der Waals surface area contributed by atoms with Gasteiger partial charge in [0.15, 0.2) is 11.5 Å². The van der Waals surface area contributed by atoms with E-state index in [0.717, 1.165) is 28.2 Å². The first-order valence-electron chi connectivity index (χ1n) is 10.8. The largest absolute Gasteiger partial charge is 0.490 e. The summed E-state index contributed by atoms with van der Waals surface area (Å²) >= 11 is 1.13. The van der Waals surface area contributed by atoms with Crippen LogP contribution in [0.25, 0.3) is 11.1 Å². The Morgan fingerprint density at radius 3 is 2.58 bits per heavy atom. The lowest BCUT2D eigenvalue weighted by Gasteiger charge is -2.24. The fraction of sp³-hybridized carbons (Fsp3) is 0.280. The van der Waals surface area contributed by atoms with Crippen molar-refractivity contribution in [2.24, 2.45) is 0 Å². The third-order valence-electron chi connectivity index (χ3n) is 5.36. The van der Waals surface area contributed by atoms with E-state index in [1.165, 1.54) is 24.3 Å². The van der Waals surface area contributed by atoms with E-state index in [0.29, 0.717) is 41.5 Å². The van der Waals surface area contributed by atoms with E-state index in [2.05, 4.69) is 5.32 Å². The molecule has 1 atom stereocenters. The second-order valence-corrected chi connectivity index (χ2v) is 8.70. The van der Waals surface area contributed by atoms with E-state index >= 15 is 0 Å². The Morgan fingerprint density at radius 2 is 1.91 bits per heavy atom. The summed E-state index contributed by atoms with van der Waals surface area (Å²) in [4.78, 5) is 25.6. The minimum absolute atomic E-state index is 0.103. The summed E-state index contributed by atoms with van der Waals surface area (Å²) < 4.78 is 25.0. The smallest absolute Gasteiger partial charge is 0.346 e. The number of carboxylic acid groups (broad SMARTS) is 1. The van der Waals surface area contributed by atoms with Gasteiger partial charge in [0.25, 0.3) is 0 Å². The molecular formula is C25H24FNO5S. The predicted molar refractivity (Wildman–Crippen MR) is 125 cm³/mol. The fourth-order valence-corrected chi connectivity index (χ4v) is 5.19. The molecule has 2 N–H and O–H groups in total. The quantitative estimate of drug-likeness (QED) is 0.428. The van der Waals surface area contributed by atoms with Gasteiger partial charge in [-0.05, 0) is 48.7 Å². The Labute approximate surface area is 195 Å². The minimum Gasteiger partial charge on any atom is -0.490 e. The Bertz CT molecular complexity index is 1190. The first-order valence-corrected chi connectivity index (χ1v) is 11.6. The molecule has 0 spiro atoms. The minimum atomic E-state index is -1.10. The van der Waals surface area contributed by atoms with Crippen LogP contribution < -0.4 is 14.8 Å². The molecule has 0 bridgehead atoms. The van der Waals surface area contributed by atoms with E-state index < -0.39 is 11.8 Å². The van der Waals surface area contributed by atoms with Gasteiger partial charge < -0.3 is 19.9 Å². The Balaban J connectivity index is 1.83. The number of fused-ring (bicyclic) bond motifs is 1. The molecule has 0 saturated heterocycles. The number of carbonyl (C=O) groups excluding carboxylic acids is 1. The highest BCUT2D eigenvalue weighted by Crippen LogP contribution is 2.50. The molecule has 8 heteroatoms. The summed E-state index contributed by atoms with van der Waals surface area (Å²) in [5, 5.41) is 12.7. The van der Waals surface area contributed by atoms with Gasteiger partial charge >= 0.3 is 5.97 Å². The number of hydrogen-bond acceptors (Lipinski definition) is 5. The Kier molecular flexibility index (Phi) is 6.65. The Hall–Kier alpha value is -3.39. The maximum Gasteiger partial charge on any atom is 0.346 e. The van der Waals surface area contributed by atoms with E-state index in [4.69, 9.17) is 9.47 Å². The maximum absolute atomic E-state index is 13.5. The second kappa shape index (κ2) is 9.62. The van der Waals surface area contributed by atoms with E-state index in [1.54, 1.807) is 0 Å². The molecule has 2 heterocycles. The van der Waals surface area contributed by atoms with Crippen LogP contribution in [0.15, 0.2) is 42.5 Å². The molecule has 0 aliphatic carbocycles. The van der Waals surface area contributed by atoms with Crippen molar-refractivity contribution in [2.75, 3.05) is 18.5 Å². The second-order valence-electron chi connectivity index (χ2n) is 7.65. The average molecular weight is 470 g/mol. The molecule has 4 rings (SSSR count). The zero-order chi connectivity index (χ0) is 23.5. The third-order valence-corrected chi connectivity index (χ3v) is 6.66. The molecule has 1 aromatic heterocycles. The molecule has 172 valence electrons. The predicted octanol–water partition coefficient (Wildman–Crippen LogP) is 5.91. The van der Waals surface area contributed by atoms with Gasteiger partial charge in [0.2, 0.25) is 5.91 Å². The number of anilines is 1. The normalized spacial score (nSPS) is 15.0. The molecule has 1 amide bonds. The number of amides is 1. The van der Waals surface area contributed by atoms with Gasteiger partial charge in [0, 0.05) is 22.8 Å². The molecular weight excluding hydrogens is 445 g/mol. The molecule has 0 saturated carbocycles. The first-order chi connectivity index (χ1) is 15.9. The van der Waals surface area contributed by atoms with E-state index in [9.17, 15) is 19.1 Å². The summed E-state index contributed by atoms with van der Waals surface area (Å²) in [7, 11) is 0. The van der Waals surface area contributed by atoms with Crippen molar-refractivity contribution in [3.63, 3.8) is 0 Å². The number of aromatic carboxylic acids is 1. The summed E-state index contributed by atoms with van der Waals surface area (Å²) in [6, 6.07) is 11.2.